The van der Waals surface area contributed by atoms with Gasteiger partial charge in [0.05, 0.1) is 11.8 Å². The summed E-state index contributed by atoms with van der Waals surface area (Å²) in [5.41, 5.74) is 4.32. The van der Waals surface area contributed by atoms with Gasteiger partial charge >= 0.3 is 0 Å². The molecule has 0 heterocycles. The van der Waals surface area contributed by atoms with Crippen molar-refractivity contribution in [3.8, 4) is 0 Å². The Balaban J connectivity index is 1.81. The van der Waals surface area contributed by atoms with Crippen molar-refractivity contribution in [2.75, 3.05) is 0 Å². The topological polar surface area (TPSA) is 58.2 Å². The molecule has 0 bridgehead atoms. The van der Waals surface area contributed by atoms with Gasteiger partial charge in [0.2, 0.25) is 11.8 Å². The monoisotopic (exact) mass is 318 g/mol. The number of hydrogen-bond donors (Lipinski definition) is 2. The van der Waals surface area contributed by atoms with Crippen LogP contribution in [0.25, 0.3) is 0 Å². The van der Waals surface area contributed by atoms with Gasteiger partial charge in [0.15, 0.2) is 0 Å². The summed E-state index contributed by atoms with van der Waals surface area (Å²) in [4.78, 5) is 23.4. The first-order chi connectivity index (χ1) is 9.24. The molecule has 0 spiro atoms. The second-order valence-electron chi connectivity index (χ2n) is 5.02. The van der Waals surface area contributed by atoms with Crippen LogP contribution in [0.2, 0.25) is 0 Å². The maximum atomic E-state index is 12.7. The standard InChI is InChI=1S/C13H13Cl2FN2O2/c1-12(7-13(12,14)15)11(20)18-17-10(19)6-8-2-4-9(16)5-3-8/h2-5H,6-7H2,1H3,(H,17,19)(H,18,20). The fourth-order valence-corrected chi connectivity index (χ4v) is 2.45. The van der Waals surface area contributed by atoms with E-state index in [1.54, 1.807) is 6.92 Å². The van der Waals surface area contributed by atoms with Crippen molar-refractivity contribution in [2.24, 2.45) is 5.41 Å². The molecule has 2 N–H and O–H groups in total. The summed E-state index contributed by atoms with van der Waals surface area (Å²) >= 11 is 11.7. The molecule has 4 nitrogen and oxygen atoms in total. The minimum Gasteiger partial charge on any atom is -0.273 e. The summed E-state index contributed by atoms with van der Waals surface area (Å²) < 4.78 is 11.6. The molecule has 0 saturated heterocycles. The van der Waals surface area contributed by atoms with Gasteiger partial charge in [-0.05, 0) is 31.0 Å². The van der Waals surface area contributed by atoms with E-state index in [9.17, 15) is 14.0 Å². The first-order valence-corrected chi connectivity index (χ1v) is 6.72. The highest BCUT2D eigenvalue weighted by atomic mass is 35.5. The Morgan fingerprint density at radius 2 is 1.80 bits per heavy atom. The molecule has 108 valence electrons. The number of hydrogen-bond acceptors (Lipinski definition) is 2. The van der Waals surface area contributed by atoms with Gasteiger partial charge in [0, 0.05) is 0 Å². The zero-order valence-electron chi connectivity index (χ0n) is 10.7. The van der Waals surface area contributed by atoms with E-state index in [4.69, 9.17) is 23.2 Å². The molecule has 7 heteroatoms. The van der Waals surface area contributed by atoms with Crippen molar-refractivity contribution in [3.05, 3.63) is 35.6 Å². The van der Waals surface area contributed by atoms with Gasteiger partial charge in [-0.2, -0.15) is 0 Å². The predicted molar refractivity (Wildman–Crippen MR) is 73.6 cm³/mol. The summed E-state index contributed by atoms with van der Waals surface area (Å²) in [7, 11) is 0. The molecule has 0 aromatic heterocycles. The SMILES string of the molecule is CC1(C(=O)NNC(=O)Cc2ccc(F)cc2)CC1(Cl)Cl. The summed E-state index contributed by atoms with van der Waals surface area (Å²) in [5, 5.41) is 0. The maximum Gasteiger partial charge on any atom is 0.247 e. The highest BCUT2D eigenvalue weighted by molar-refractivity contribution is 6.53. The number of carbonyl (C=O) groups is 2. The largest absolute Gasteiger partial charge is 0.273 e. The van der Waals surface area contributed by atoms with Crippen LogP contribution in [0.3, 0.4) is 0 Å². The molecule has 20 heavy (non-hydrogen) atoms. The number of carbonyl (C=O) groups excluding carboxylic acids is 2. The third-order valence-corrected chi connectivity index (χ3v) is 4.45. The Bertz CT molecular complexity index is 548. The molecule has 1 atom stereocenters. The van der Waals surface area contributed by atoms with Gasteiger partial charge in [-0.25, -0.2) is 4.39 Å². The average molecular weight is 319 g/mol. The summed E-state index contributed by atoms with van der Waals surface area (Å²) in [6.07, 6.45) is 0.368. The molecule has 1 aliphatic rings. The van der Waals surface area contributed by atoms with Gasteiger partial charge in [0.1, 0.15) is 10.2 Å². The van der Waals surface area contributed by atoms with E-state index in [1.807, 2.05) is 0 Å². The second-order valence-corrected chi connectivity index (χ2v) is 6.50. The normalized spacial score (nSPS) is 23.0. The Morgan fingerprint density at radius 3 is 2.30 bits per heavy atom. The van der Waals surface area contributed by atoms with Crippen LogP contribution in [0.4, 0.5) is 4.39 Å². The van der Waals surface area contributed by atoms with E-state index in [0.29, 0.717) is 12.0 Å². The van der Waals surface area contributed by atoms with E-state index in [0.717, 1.165) is 0 Å². The Labute approximate surface area is 125 Å². The van der Waals surface area contributed by atoms with Crippen molar-refractivity contribution < 1.29 is 14.0 Å². The number of rotatable bonds is 3. The molecule has 0 radical (unpaired) electrons. The quantitative estimate of drug-likeness (QED) is 0.662. The van der Waals surface area contributed by atoms with Crippen molar-refractivity contribution in [3.63, 3.8) is 0 Å². The minimum absolute atomic E-state index is 0.0319. The highest BCUT2D eigenvalue weighted by Crippen LogP contribution is 2.63. The lowest BCUT2D eigenvalue weighted by Gasteiger charge is -2.13. The minimum atomic E-state index is -1.08. The molecule has 1 aromatic rings. The molecule has 1 aromatic carbocycles. The lowest BCUT2D eigenvalue weighted by Crippen LogP contribution is -2.46. The average Bonchev–Trinajstić information content (AvgIpc) is 2.90. The van der Waals surface area contributed by atoms with Crippen LogP contribution < -0.4 is 10.9 Å². The fraction of sp³-hybridized carbons (Fsp3) is 0.385. The number of amides is 2. The first-order valence-electron chi connectivity index (χ1n) is 5.96. The molecule has 1 saturated carbocycles. The van der Waals surface area contributed by atoms with Gasteiger partial charge in [-0.1, -0.05) is 12.1 Å². The van der Waals surface area contributed by atoms with Crippen molar-refractivity contribution >= 4 is 35.0 Å². The van der Waals surface area contributed by atoms with Crippen LogP contribution in [0, 0.1) is 11.2 Å². The van der Waals surface area contributed by atoms with Crippen LogP contribution in [0.15, 0.2) is 24.3 Å². The van der Waals surface area contributed by atoms with Crippen molar-refractivity contribution in [2.45, 2.75) is 24.1 Å². The van der Waals surface area contributed by atoms with Crippen LogP contribution in [-0.2, 0) is 16.0 Å². The van der Waals surface area contributed by atoms with E-state index < -0.39 is 21.6 Å². The van der Waals surface area contributed by atoms with Gasteiger partial charge in [-0.15, -0.1) is 23.2 Å². The van der Waals surface area contributed by atoms with E-state index in [-0.39, 0.29) is 12.2 Å². The number of alkyl halides is 2. The lowest BCUT2D eigenvalue weighted by atomic mass is 10.1. The van der Waals surface area contributed by atoms with Crippen LogP contribution in [-0.4, -0.2) is 16.1 Å². The Hall–Kier alpha value is -1.33. The van der Waals surface area contributed by atoms with E-state index >= 15 is 0 Å². The number of benzene rings is 1. The van der Waals surface area contributed by atoms with E-state index in [1.165, 1.54) is 24.3 Å². The molecule has 2 amide bonds. The Morgan fingerprint density at radius 1 is 1.25 bits per heavy atom. The summed E-state index contributed by atoms with van der Waals surface area (Å²) in [6, 6.07) is 5.53. The first kappa shape index (κ1) is 15.1. The molecule has 1 unspecified atom stereocenters. The third-order valence-electron chi connectivity index (χ3n) is 3.35. The van der Waals surface area contributed by atoms with Crippen molar-refractivity contribution in [1.29, 1.82) is 0 Å². The van der Waals surface area contributed by atoms with Gasteiger partial charge < -0.3 is 0 Å². The van der Waals surface area contributed by atoms with Gasteiger partial charge in [0.25, 0.3) is 0 Å². The molecular weight excluding hydrogens is 306 g/mol. The van der Waals surface area contributed by atoms with Crippen molar-refractivity contribution in [1.82, 2.24) is 10.9 Å². The zero-order valence-corrected chi connectivity index (χ0v) is 12.2. The lowest BCUT2D eigenvalue weighted by molar-refractivity contribution is -0.131. The number of nitrogens with one attached hydrogen (secondary N) is 2. The van der Waals surface area contributed by atoms with E-state index in [2.05, 4.69) is 10.9 Å². The molecule has 2 rings (SSSR count). The predicted octanol–water partition coefficient (Wildman–Crippen LogP) is 2.10. The third kappa shape index (κ3) is 3.04. The number of hydrazine groups is 1. The fourth-order valence-electron chi connectivity index (χ4n) is 1.74. The second kappa shape index (κ2) is 5.22. The molecule has 1 fully saturated rings. The number of halogens is 3. The summed E-state index contributed by atoms with van der Waals surface area (Å²) in [5.74, 6) is -1.22. The Kier molecular flexibility index (Phi) is 3.93. The smallest absolute Gasteiger partial charge is 0.247 e. The molecular formula is C13H13Cl2FN2O2. The molecule has 0 aliphatic heterocycles. The molecule has 1 aliphatic carbocycles. The van der Waals surface area contributed by atoms with Gasteiger partial charge in [-0.3, -0.25) is 20.4 Å². The van der Waals surface area contributed by atoms with Crippen LogP contribution in [0.1, 0.15) is 18.9 Å². The van der Waals surface area contributed by atoms with Crippen LogP contribution >= 0.6 is 23.2 Å². The highest BCUT2D eigenvalue weighted by Gasteiger charge is 2.68. The summed E-state index contributed by atoms with van der Waals surface area (Å²) in [6.45, 7) is 1.62. The van der Waals surface area contributed by atoms with Crippen LogP contribution in [0.5, 0.6) is 0 Å². The maximum absolute atomic E-state index is 12.7. The zero-order chi connectivity index (χ0) is 15.0.